The fraction of sp³-hybridized carbons (Fsp3) is 0.500. The predicted molar refractivity (Wildman–Crippen MR) is 120 cm³/mol. The van der Waals surface area contributed by atoms with Crippen molar-refractivity contribution in [3.8, 4) is 11.3 Å². The highest BCUT2D eigenvalue weighted by Crippen LogP contribution is 2.42. The van der Waals surface area contributed by atoms with E-state index in [9.17, 15) is 5.11 Å². The average molecular weight is 443 g/mol. The van der Waals surface area contributed by atoms with Crippen LogP contribution in [-0.2, 0) is 11.3 Å². The quantitative estimate of drug-likeness (QED) is 0.571. The van der Waals surface area contributed by atoms with Crippen molar-refractivity contribution in [1.82, 2.24) is 20.2 Å². The maximum atomic E-state index is 10.1. The summed E-state index contributed by atoms with van der Waals surface area (Å²) in [6, 6.07) is 3.93. The van der Waals surface area contributed by atoms with E-state index in [2.05, 4.69) is 22.0 Å². The van der Waals surface area contributed by atoms with Gasteiger partial charge in [0.25, 0.3) is 0 Å². The van der Waals surface area contributed by atoms with Gasteiger partial charge in [0.1, 0.15) is 11.2 Å². The van der Waals surface area contributed by atoms with Crippen LogP contribution in [0.3, 0.4) is 0 Å². The van der Waals surface area contributed by atoms with Gasteiger partial charge in [0.2, 0.25) is 0 Å². The molecule has 0 bridgehead atoms. The highest BCUT2D eigenvalue weighted by Gasteiger charge is 2.47. The number of benzene rings is 1. The number of aromatic nitrogens is 4. The second-order valence-corrected chi connectivity index (χ2v) is 9.11. The Morgan fingerprint density at radius 3 is 2.77 bits per heavy atom. The van der Waals surface area contributed by atoms with Gasteiger partial charge in [0, 0.05) is 41.7 Å². The first kappa shape index (κ1) is 20.6. The smallest absolute Gasteiger partial charge is 0.153 e. The summed E-state index contributed by atoms with van der Waals surface area (Å²) < 4.78 is 5.83. The zero-order valence-electron chi connectivity index (χ0n) is 17.7. The zero-order valence-corrected chi connectivity index (χ0v) is 18.5. The lowest BCUT2D eigenvalue weighted by Gasteiger charge is -2.42. The van der Waals surface area contributed by atoms with E-state index in [0.29, 0.717) is 28.5 Å². The van der Waals surface area contributed by atoms with Crippen LogP contribution in [0.1, 0.15) is 31.2 Å². The average Bonchev–Trinajstić information content (AvgIpc) is 3.37. The van der Waals surface area contributed by atoms with Crippen LogP contribution in [0, 0.1) is 12.3 Å². The monoisotopic (exact) mass is 442 g/mol. The van der Waals surface area contributed by atoms with Crippen molar-refractivity contribution in [2.24, 2.45) is 11.1 Å². The minimum Gasteiger partial charge on any atom is -0.390 e. The Labute approximate surface area is 185 Å². The van der Waals surface area contributed by atoms with Crippen LogP contribution in [-0.4, -0.2) is 57.1 Å². The van der Waals surface area contributed by atoms with E-state index in [4.69, 9.17) is 32.0 Å². The molecule has 2 fully saturated rings. The molecule has 1 aromatic carbocycles. The maximum absolute atomic E-state index is 10.1. The number of piperidine rings is 1. The van der Waals surface area contributed by atoms with E-state index in [1.54, 1.807) is 6.20 Å². The molecule has 2 aliphatic heterocycles. The molecule has 0 unspecified atom stereocenters. The number of aliphatic hydroxyl groups is 1. The molecule has 0 saturated carbocycles. The number of halogens is 1. The summed E-state index contributed by atoms with van der Waals surface area (Å²) in [6.45, 7) is 6.11. The molecule has 0 amide bonds. The lowest BCUT2D eigenvalue weighted by molar-refractivity contribution is 0.0973. The molecule has 0 radical (unpaired) electrons. The van der Waals surface area contributed by atoms with Crippen molar-refractivity contribution >= 4 is 28.3 Å². The van der Waals surface area contributed by atoms with Gasteiger partial charge >= 0.3 is 0 Å². The Bertz CT molecular complexity index is 1120. The summed E-state index contributed by atoms with van der Waals surface area (Å²) in [6.07, 6.45) is 3.77. The predicted octanol–water partition coefficient (Wildman–Crippen LogP) is 2.81. The molecule has 2 atom stereocenters. The SMILES string of the molecule is Cc1nc(N2CCC3(CC2)CO[C@@H](C)[C@H]3N)c(CO)nc1-c1ccc2c[nH]nc2c1Cl. The molecule has 164 valence electrons. The molecular weight excluding hydrogens is 416 g/mol. The van der Waals surface area contributed by atoms with Gasteiger partial charge in [-0.1, -0.05) is 23.7 Å². The van der Waals surface area contributed by atoms with Crippen LogP contribution in [0.4, 0.5) is 5.82 Å². The number of anilines is 1. The third-order valence-electron chi connectivity index (χ3n) is 6.98. The van der Waals surface area contributed by atoms with Crippen molar-refractivity contribution < 1.29 is 9.84 Å². The van der Waals surface area contributed by atoms with Crippen LogP contribution < -0.4 is 10.6 Å². The first-order valence-electron chi connectivity index (χ1n) is 10.7. The number of fused-ring (bicyclic) bond motifs is 1. The fourth-order valence-electron chi connectivity index (χ4n) is 4.95. The molecule has 0 aliphatic carbocycles. The van der Waals surface area contributed by atoms with E-state index in [1.807, 2.05) is 19.1 Å². The van der Waals surface area contributed by atoms with Crippen molar-refractivity contribution in [2.45, 2.75) is 45.4 Å². The van der Waals surface area contributed by atoms with Gasteiger partial charge < -0.3 is 20.5 Å². The van der Waals surface area contributed by atoms with Gasteiger partial charge in [-0.2, -0.15) is 5.10 Å². The Balaban J connectivity index is 1.46. The van der Waals surface area contributed by atoms with Gasteiger partial charge in [-0.15, -0.1) is 0 Å². The van der Waals surface area contributed by atoms with E-state index in [0.717, 1.165) is 48.4 Å². The van der Waals surface area contributed by atoms with Crippen molar-refractivity contribution in [2.75, 3.05) is 24.6 Å². The number of rotatable bonds is 3. The van der Waals surface area contributed by atoms with E-state index < -0.39 is 0 Å². The van der Waals surface area contributed by atoms with E-state index in [1.165, 1.54) is 0 Å². The molecule has 2 saturated heterocycles. The second kappa shape index (κ2) is 7.70. The summed E-state index contributed by atoms with van der Waals surface area (Å²) >= 11 is 6.62. The van der Waals surface area contributed by atoms with Crippen molar-refractivity contribution in [3.63, 3.8) is 0 Å². The number of ether oxygens (including phenoxy) is 1. The molecule has 2 aliphatic rings. The largest absolute Gasteiger partial charge is 0.390 e. The molecule has 5 rings (SSSR count). The lowest BCUT2D eigenvalue weighted by atomic mass is 9.73. The topological polar surface area (TPSA) is 113 Å². The normalized spacial score (nSPS) is 23.2. The fourth-order valence-corrected chi connectivity index (χ4v) is 5.26. The minimum atomic E-state index is -0.195. The summed E-state index contributed by atoms with van der Waals surface area (Å²) in [5, 5.41) is 18.6. The van der Waals surface area contributed by atoms with Crippen LogP contribution >= 0.6 is 11.6 Å². The number of nitrogens with two attached hydrogens (primary N) is 1. The number of aliphatic hydroxyl groups excluding tert-OH is 1. The van der Waals surface area contributed by atoms with E-state index >= 15 is 0 Å². The Kier molecular flexibility index (Phi) is 5.13. The molecule has 9 heteroatoms. The molecule has 2 aromatic heterocycles. The number of hydrogen-bond acceptors (Lipinski definition) is 7. The molecule has 1 spiro atoms. The van der Waals surface area contributed by atoms with Gasteiger partial charge in [-0.25, -0.2) is 9.97 Å². The first-order valence-corrected chi connectivity index (χ1v) is 11.0. The van der Waals surface area contributed by atoms with Crippen LogP contribution in [0.25, 0.3) is 22.2 Å². The van der Waals surface area contributed by atoms with Gasteiger partial charge in [0.15, 0.2) is 5.82 Å². The maximum Gasteiger partial charge on any atom is 0.153 e. The standard InChI is InChI=1S/C22H27ClN6O2/c1-12-18(15-4-3-14-9-25-28-19(14)17(15)23)27-16(10-30)21(26-12)29-7-5-22(6-8-29)11-31-13(2)20(22)24/h3-4,9,13,20,30H,5-8,10-11,24H2,1-2H3,(H,25,28)/t13-,20+/m0/s1. The Morgan fingerprint density at radius 1 is 1.32 bits per heavy atom. The van der Waals surface area contributed by atoms with Gasteiger partial charge in [-0.05, 0) is 26.7 Å². The van der Waals surface area contributed by atoms with Crippen LogP contribution in [0.2, 0.25) is 5.02 Å². The summed E-state index contributed by atoms with van der Waals surface area (Å²) in [5.41, 5.74) is 9.91. The zero-order chi connectivity index (χ0) is 21.8. The molecular formula is C22H27ClN6O2. The number of nitrogens with one attached hydrogen (secondary N) is 1. The minimum absolute atomic E-state index is 0.0319. The molecule has 3 aromatic rings. The third kappa shape index (κ3) is 3.29. The summed E-state index contributed by atoms with van der Waals surface area (Å²) in [4.78, 5) is 11.8. The number of H-pyrrole nitrogens is 1. The Hall–Kier alpha value is -2.26. The first-order chi connectivity index (χ1) is 14.9. The second-order valence-electron chi connectivity index (χ2n) is 8.73. The van der Waals surface area contributed by atoms with Crippen molar-refractivity contribution in [3.05, 3.63) is 34.7 Å². The Morgan fingerprint density at radius 2 is 2.10 bits per heavy atom. The van der Waals surface area contributed by atoms with Crippen molar-refractivity contribution in [1.29, 1.82) is 0 Å². The van der Waals surface area contributed by atoms with Gasteiger partial charge in [-0.3, -0.25) is 5.10 Å². The molecule has 4 N–H and O–H groups in total. The van der Waals surface area contributed by atoms with Crippen LogP contribution in [0.5, 0.6) is 0 Å². The lowest BCUT2D eigenvalue weighted by Crippen LogP contribution is -2.51. The molecule has 31 heavy (non-hydrogen) atoms. The number of nitrogens with zero attached hydrogens (tertiary/aromatic N) is 4. The third-order valence-corrected chi connectivity index (χ3v) is 7.36. The van der Waals surface area contributed by atoms with Crippen LogP contribution in [0.15, 0.2) is 18.3 Å². The number of aromatic amines is 1. The highest BCUT2D eigenvalue weighted by molar-refractivity contribution is 6.37. The summed E-state index contributed by atoms with van der Waals surface area (Å²) in [5.74, 6) is 0.733. The van der Waals surface area contributed by atoms with Gasteiger partial charge in [0.05, 0.1) is 35.7 Å². The van der Waals surface area contributed by atoms with E-state index in [-0.39, 0.29) is 24.2 Å². The molecule has 8 nitrogen and oxygen atoms in total. The highest BCUT2D eigenvalue weighted by atomic mass is 35.5. The molecule has 4 heterocycles. The summed E-state index contributed by atoms with van der Waals surface area (Å²) in [7, 11) is 0. The number of hydrogen-bond donors (Lipinski definition) is 3. The number of aryl methyl sites for hydroxylation is 1.